The van der Waals surface area contributed by atoms with Gasteiger partial charge in [-0.1, -0.05) is 17.7 Å². The summed E-state index contributed by atoms with van der Waals surface area (Å²) in [6.45, 7) is 1.17. The number of aliphatic carboxylic acids is 1. The topological polar surface area (TPSA) is 58.6 Å². The van der Waals surface area contributed by atoms with Crippen LogP contribution in [0.15, 0.2) is 18.2 Å². The minimum Gasteiger partial charge on any atom is -0.495 e. The molecule has 1 aliphatic heterocycles. The number of carboxylic acids is 1. The first-order valence-corrected chi connectivity index (χ1v) is 5.78. The first-order chi connectivity index (χ1) is 8.13. The average Bonchev–Trinajstić information content (AvgIpc) is 2.78. The van der Waals surface area contributed by atoms with Crippen LogP contribution in [0.25, 0.3) is 0 Å². The summed E-state index contributed by atoms with van der Waals surface area (Å²) >= 11 is 5.95. The third-order valence-electron chi connectivity index (χ3n) is 3.13. The third kappa shape index (κ3) is 2.37. The minimum atomic E-state index is -0.770. The molecule has 0 aliphatic carbocycles. The van der Waals surface area contributed by atoms with Crippen LogP contribution in [-0.4, -0.2) is 31.3 Å². The Balaban J connectivity index is 2.30. The smallest absolute Gasteiger partial charge is 0.308 e. The van der Waals surface area contributed by atoms with E-state index in [1.54, 1.807) is 13.2 Å². The maximum absolute atomic E-state index is 11.1. The van der Waals surface area contributed by atoms with E-state index in [1.165, 1.54) is 0 Å². The molecule has 0 spiro atoms. The van der Waals surface area contributed by atoms with E-state index in [4.69, 9.17) is 21.4 Å². The van der Waals surface area contributed by atoms with Gasteiger partial charge in [-0.3, -0.25) is 4.79 Å². The number of hydrogen-bond acceptors (Lipinski definition) is 3. The molecule has 4 nitrogen and oxygen atoms in total. The Morgan fingerprint density at radius 2 is 2.29 bits per heavy atom. The molecule has 1 heterocycles. The number of ether oxygens (including phenoxy) is 1. The van der Waals surface area contributed by atoms with E-state index in [0.29, 0.717) is 23.9 Å². The highest BCUT2D eigenvalue weighted by Crippen LogP contribution is 2.33. The molecule has 2 atom stereocenters. The van der Waals surface area contributed by atoms with Gasteiger partial charge in [0.15, 0.2) is 0 Å². The van der Waals surface area contributed by atoms with Crippen molar-refractivity contribution in [3.8, 4) is 5.75 Å². The lowest BCUT2D eigenvalue weighted by atomic mass is 9.89. The summed E-state index contributed by atoms with van der Waals surface area (Å²) in [5.74, 6) is -0.603. The highest BCUT2D eigenvalue weighted by Gasteiger charge is 2.34. The van der Waals surface area contributed by atoms with Gasteiger partial charge in [0.25, 0.3) is 0 Å². The first kappa shape index (κ1) is 12.2. The Kier molecular flexibility index (Phi) is 3.54. The Morgan fingerprint density at radius 3 is 2.94 bits per heavy atom. The van der Waals surface area contributed by atoms with Crippen LogP contribution < -0.4 is 10.1 Å². The molecule has 1 aromatic rings. The van der Waals surface area contributed by atoms with Gasteiger partial charge >= 0.3 is 5.97 Å². The molecule has 0 radical (unpaired) electrons. The molecule has 92 valence electrons. The van der Waals surface area contributed by atoms with Crippen molar-refractivity contribution in [2.24, 2.45) is 5.92 Å². The fraction of sp³-hybridized carbons (Fsp3) is 0.417. The van der Waals surface area contributed by atoms with Crippen molar-refractivity contribution in [1.29, 1.82) is 0 Å². The van der Waals surface area contributed by atoms with Gasteiger partial charge in [0.05, 0.1) is 18.1 Å². The molecule has 1 aliphatic rings. The molecule has 0 unspecified atom stereocenters. The molecule has 0 amide bonds. The summed E-state index contributed by atoms with van der Waals surface area (Å²) in [6, 6.07) is 5.42. The zero-order valence-corrected chi connectivity index (χ0v) is 10.2. The number of hydrogen-bond donors (Lipinski definition) is 2. The molecule has 17 heavy (non-hydrogen) atoms. The fourth-order valence-electron chi connectivity index (χ4n) is 2.20. The highest BCUT2D eigenvalue weighted by molar-refractivity contribution is 6.32. The SMILES string of the molecule is COc1cc([C@@H]2CNC[C@H]2C(=O)O)ccc1Cl. The highest BCUT2D eigenvalue weighted by atomic mass is 35.5. The number of benzene rings is 1. The van der Waals surface area contributed by atoms with Crippen LogP contribution in [0.5, 0.6) is 5.75 Å². The van der Waals surface area contributed by atoms with Gasteiger partial charge in [-0.25, -0.2) is 0 Å². The third-order valence-corrected chi connectivity index (χ3v) is 3.45. The van der Waals surface area contributed by atoms with Crippen LogP contribution in [0.2, 0.25) is 5.02 Å². The first-order valence-electron chi connectivity index (χ1n) is 5.40. The van der Waals surface area contributed by atoms with Gasteiger partial charge in [-0.2, -0.15) is 0 Å². The van der Waals surface area contributed by atoms with E-state index < -0.39 is 5.97 Å². The second kappa shape index (κ2) is 4.94. The van der Waals surface area contributed by atoms with Crippen molar-refractivity contribution in [2.45, 2.75) is 5.92 Å². The lowest BCUT2D eigenvalue weighted by molar-refractivity contribution is -0.141. The van der Waals surface area contributed by atoms with Gasteiger partial charge in [-0.15, -0.1) is 0 Å². The molecular formula is C12H14ClNO3. The summed E-state index contributed by atoms with van der Waals surface area (Å²) < 4.78 is 5.14. The Hall–Kier alpha value is -1.26. The van der Waals surface area contributed by atoms with Gasteiger partial charge in [0, 0.05) is 19.0 Å². The summed E-state index contributed by atoms with van der Waals surface area (Å²) in [5.41, 5.74) is 0.948. The number of carbonyl (C=O) groups is 1. The Morgan fingerprint density at radius 1 is 1.53 bits per heavy atom. The average molecular weight is 256 g/mol. The lowest BCUT2D eigenvalue weighted by Gasteiger charge is -2.16. The van der Waals surface area contributed by atoms with E-state index in [0.717, 1.165) is 5.56 Å². The van der Waals surface area contributed by atoms with Crippen LogP contribution in [-0.2, 0) is 4.79 Å². The second-order valence-corrected chi connectivity index (χ2v) is 4.51. The quantitative estimate of drug-likeness (QED) is 0.864. The zero-order chi connectivity index (χ0) is 12.4. The summed E-state index contributed by atoms with van der Waals surface area (Å²) in [4.78, 5) is 11.1. The van der Waals surface area contributed by atoms with Crippen molar-refractivity contribution in [2.75, 3.05) is 20.2 Å². The van der Waals surface area contributed by atoms with Crippen molar-refractivity contribution >= 4 is 17.6 Å². The number of nitrogens with one attached hydrogen (secondary N) is 1. The van der Waals surface area contributed by atoms with E-state index >= 15 is 0 Å². The number of methoxy groups -OCH3 is 1. The predicted octanol–water partition coefficient (Wildman–Crippen LogP) is 1.74. The Labute approximate surface area is 105 Å². The normalized spacial score (nSPS) is 23.6. The molecule has 0 saturated carbocycles. The summed E-state index contributed by atoms with van der Waals surface area (Å²) in [6.07, 6.45) is 0. The van der Waals surface area contributed by atoms with Gasteiger partial charge in [-0.05, 0) is 17.7 Å². The molecule has 1 aromatic carbocycles. The van der Waals surface area contributed by atoms with Gasteiger partial charge < -0.3 is 15.2 Å². The molecule has 2 N–H and O–H groups in total. The predicted molar refractivity (Wildman–Crippen MR) is 64.7 cm³/mol. The molecular weight excluding hydrogens is 242 g/mol. The maximum atomic E-state index is 11.1. The standard InChI is InChI=1S/C12H14ClNO3/c1-17-11-4-7(2-3-10(11)13)8-5-14-6-9(8)12(15)16/h2-4,8-9,14H,5-6H2,1H3,(H,15,16)/t8-,9+/m0/s1. The van der Waals surface area contributed by atoms with Crippen molar-refractivity contribution in [1.82, 2.24) is 5.32 Å². The molecule has 0 bridgehead atoms. The molecule has 5 heteroatoms. The maximum Gasteiger partial charge on any atom is 0.308 e. The number of halogens is 1. The van der Waals surface area contributed by atoms with Gasteiger partial charge in [0.1, 0.15) is 5.75 Å². The van der Waals surface area contributed by atoms with Crippen LogP contribution >= 0.6 is 11.6 Å². The number of rotatable bonds is 3. The van der Waals surface area contributed by atoms with Crippen LogP contribution in [0, 0.1) is 5.92 Å². The van der Waals surface area contributed by atoms with E-state index in [-0.39, 0.29) is 11.8 Å². The van der Waals surface area contributed by atoms with Crippen molar-refractivity contribution in [3.05, 3.63) is 28.8 Å². The Bertz CT molecular complexity index is 436. The summed E-state index contributed by atoms with van der Waals surface area (Å²) in [7, 11) is 1.55. The fourth-order valence-corrected chi connectivity index (χ4v) is 2.39. The zero-order valence-electron chi connectivity index (χ0n) is 9.44. The molecule has 0 aromatic heterocycles. The minimum absolute atomic E-state index is 0.0290. The summed E-state index contributed by atoms with van der Waals surface area (Å²) in [5, 5.41) is 12.8. The number of carboxylic acid groups (broad SMARTS) is 1. The van der Waals surface area contributed by atoms with Gasteiger partial charge in [0.2, 0.25) is 0 Å². The lowest BCUT2D eigenvalue weighted by Crippen LogP contribution is -2.21. The van der Waals surface area contributed by atoms with Crippen LogP contribution in [0.3, 0.4) is 0 Å². The largest absolute Gasteiger partial charge is 0.495 e. The van der Waals surface area contributed by atoms with Crippen molar-refractivity contribution < 1.29 is 14.6 Å². The van der Waals surface area contributed by atoms with E-state index in [9.17, 15) is 4.79 Å². The monoisotopic (exact) mass is 255 g/mol. The van der Waals surface area contributed by atoms with E-state index in [2.05, 4.69) is 5.32 Å². The molecule has 1 saturated heterocycles. The second-order valence-electron chi connectivity index (χ2n) is 4.10. The molecule has 1 fully saturated rings. The van der Waals surface area contributed by atoms with Crippen molar-refractivity contribution in [3.63, 3.8) is 0 Å². The molecule has 2 rings (SSSR count). The van der Waals surface area contributed by atoms with E-state index in [1.807, 2.05) is 12.1 Å². The van der Waals surface area contributed by atoms with Crippen LogP contribution in [0.4, 0.5) is 0 Å². The van der Waals surface area contributed by atoms with Crippen LogP contribution in [0.1, 0.15) is 11.5 Å².